The Bertz CT molecular complexity index is 575. The van der Waals surface area contributed by atoms with Gasteiger partial charge in [-0.3, -0.25) is 4.98 Å². The lowest BCUT2D eigenvalue weighted by Crippen LogP contribution is -2.04. The molecule has 2 heteroatoms. The predicted octanol–water partition coefficient (Wildman–Crippen LogP) is 5.50. The fourth-order valence-corrected chi connectivity index (χ4v) is 2.84. The van der Waals surface area contributed by atoms with Gasteiger partial charge < -0.3 is 5.73 Å². The summed E-state index contributed by atoms with van der Waals surface area (Å²) >= 11 is 0. The molecule has 1 aromatic heterocycles. The molecule has 22 heavy (non-hydrogen) atoms. The molecule has 0 spiro atoms. The topological polar surface area (TPSA) is 38.9 Å². The van der Waals surface area contributed by atoms with Crippen LogP contribution in [-0.4, -0.2) is 11.5 Å². The van der Waals surface area contributed by atoms with Gasteiger partial charge in [0.05, 0.1) is 5.52 Å². The number of benzene rings is 1. The first-order valence-electron chi connectivity index (χ1n) is 8.73. The van der Waals surface area contributed by atoms with Gasteiger partial charge in [-0.25, -0.2) is 0 Å². The van der Waals surface area contributed by atoms with Crippen LogP contribution in [0.3, 0.4) is 0 Å². The van der Waals surface area contributed by atoms with Gasteiger partial charge in [-0.1, -0.05) is 33.3 Å². The number of aryl methyl sites for hydroxylation is 2. The number of aromatic nitrogens is 1. The van der Waals surface area contributed by atoms with Gasteiger partial charge in [0.15, 0.2) is 0 Å². The molecule has 122 valence electrons. The largest absolute Gasteiger partial charge is 0.330 e. The minimum atomic E-state index is 0.634. The second-order valence-electron chi connectivity index (χ2n) is 5.76. The van der Waals surface area contributed by atoms with Crippen molar-refractivity contribution in [2.24, 2.45) is 5.73 Å². The highest BCUT2D eigenvalue weighted by Crippen LogP contribution is 2.29. The second kappa shape index (κ2) is 9.58. The van der Waals surface area contributed by atoms with Crippen LogP contribution in [0.25, 0.3) is 10.9 Å². The molecule has 2 aromatic rings. The molecule has 2 rings (SSSR count). The summed E-state index contributed by atoms with van der Waals surface area (Å²) in [5.74, 6) is 0.634. The molecule has 1 atom stereocenters. The average molecular weight is 300 g/mol. The monoisotopic (exact) mass is 300 g/mol. The average Bonchev–Trinajstić information content (AvgIpc) is 2.54. The van der Waals surface area contributed by atoms with Crippen molar-refractivity contribution in [1.82, 2.24) is 4.98 Å². The Morgan fingerprint density at radius 1 is 1.09 bits per heavy atom. The number of nitrogens with two attached hydrogens (primary N) is 1. The van der Waals surface area contributed by atoms with Crippen molar-refractivity contribution in [3.8, 4) is 0 Å². The van der Waals surface area contributed by atoms with E-state index < -0.39 is 0 Å². The molecule has 0 saturated heterocycles. The van der Waals surface area contributed by atoms with Crippen LogP contribution in [0.15, 0.2) is 24.3 Å². The van der Waals surface area contributed by atoms with Crippen LogP contribution < -0.4 is 5.73 Å². The highest BCUT2D eigenvalue weighted by molar-refractivity contribution is 5.80. The van der Waals surface area contributed by atoms with Crippen LogP contribution in [0.2, 0.25) is 0 Å². The quantitative estimate of drug-likeness (QED) is 0.765. The van der Waals surface area contributed by atoms with Gasteiger partial charge in [-0.2, -0.15) is 0 Å². The fraction of sp³-hybridized carbons (Fsp3) is 0.550. The molecule has 0 bridgehead atoms. The molecular formula is C20H32N2. The van der Waals surface area contributed by atoms with Gasteiger partial charge in [-0.15, -0.1) is 0 Å². The zero-order valence-electron chi connectivity index (χ0n) is 14.9. The minimum absolute atomic E-state index is 0.634. The zero-order chi connectivity index (χ0) is 16.5. The van der Waals surface area contributed by atoms with E-state index in [4.69, 9.17) is 5.73 Å². The zero-order valence-corrected chi connectivity index (χ0v) is 14.9. The fourth-order valence-electron chi connectivity index (χ4n) is 2.84. The van der Waals surface area contributed by atoms with Crippen LogP contribution in [0.1, 0.15) is 69.2 Å². The molecule has 1 aromatic carbocycles. The first-order chi connectivity index (χ1) is 10.7. The summed E-state index contributed by atoms with van der Waals surface area (Å²) in [4.78, 5) is 4.66. The van der Waals surface area contributed by atoms with Crippen molar-refractivity contribution in [2.75, 3.05) is 6.54 Å². The molecule has 0 radical (unpaired) electrons. The van der Waals surface area contributed by atoms with Crippen LogP contribution in [0.4, 0.5) is 0 Å². The Morgan fingerprint density at radius 2 is 1.82 bits per heavy atom. The van der Waals surface area contributed by atoms with Crippen LogP contribution in [0, 0.1) is 13.8 Å². The Hall–Kier alpha value is -1.41. The predicted molar refractivity (Wildman–Crippen MR) is 98.5 cm³/mol. The maximum Gasteiger partial charge on any atom is 0.0705 e. The van der Waals surface area contributed by atoms with Crippen molar-refractivity contribution >= 4 is 10.9 Å². The molecule has 2 N–H and O–H groups in total. The highest BCUT2D eigenvalue weighted by Gasteiger charge is 2.11. The van der Waals surface area contributed by atoms with E-state index in [2.05, 4.69) is 50.0 Å². The number of nitrogens with zero attached hydrogens (tertiary/aromatic N) is 1. The third-order valence-corrected chi connectivity index (χ3v) is 4.15. The van der Waals surface area contributed by atoms with Crippen molar-refractivity contribution in [3.05, 3.63) is 41.1 Å². The smallest absolute Gasteiger partial charge is 0.0705 e. The van der Waals surface area contributed by atoms with Crippen molar-refractivity contribution < 1.29 is 0 Å². The summed E-state index contributed by atoms with van der Waals surface area (Å²) in [5.41, 5.74) is 10.6. The third-order valence-electron chi connectivity index (χ3n) is 4.15. The van der Waals surface area contributed by atoms with Crippen molar-refractivity contribution in [3.63, 3.8) is 0 Å². The van der Waals surface area contributed by atoms with Crippen LogP contribution >= 0.6 is 0 Å². The molecule has 0 aliphatic heterocycles. The van der Waals surface area contributed by atoms with Gasteiger partial charge in [0.2, 0.25) is 0 Å². The normalized spacial score (nSPS) is 11.9. The summed E-state index contributed by atoms with van der Waals surface area (Å²) in [6.07, 6.45) is 4.75. The lowest BCUT2D eigenvalue weighted by Gasteiger charge is -2.17. The summed E-state index contributed by atoms with van der Waals surface area (Å²) in [5, 5.41) is 1.26. The summed E-state index contributed by atoms with van der Waals surface area (Å²) in [6.45, 7) is 11.2. The SMILES string of the molecule is CC.CCCC(CCCN)c1ccc2nc(C)c(C)cc2c1. The maximum absolute atomic E-state index is 5.67. The van der Waals surface area contributed by atoms with Crippen LogP contribution in [0.5, 0.6) is 0 Å². The first kappa shape index (κ1) is 18.6. The Balaban J connectivity index is 0.00000116. The molecule has 0 fully saturated rings. The van der Waals surface area contributed by atoms with Gasteiger partial charge >= 0.3 is 0 Å². The molecule has 0 amide bonds. The molecule has 0 aliphatic rings. The van der Waals surface area contributed by atoms with E-state index in [1.54, 1.807) is 0 Å². The number of hydrogen-bond acceptors (Lipinski definition) is 2. The van der Waals surface area contributed by atoms with Crippen LogP contribution in [-0.2, 0) is 0 Å². The van der Waals surface area contributed by atoms with Gasteiger partial charge in [0.25, 0.3) is 0 Å². The van der Waals surface area contributed by atoms with E-state index in [9.17, 15) is 0 Å². The van der Waals surface area contributed by atoms with Gasteiger partial charge in [0.1, 0.15) is 0 Å². The van der Waals surface area contributed by atoms with E-state index in [1.165, 1.54) is 35.8 Å². The van der Waals surface area contributed by atoms with E-state index in [1.807, 2.05) is 13.8 Å². The van der Waals surface area contributed by atoms with Crippen molar-refractivity contribution in [1.29, 1.82) is 0 Å². The van der Waals surface area contributed by atoms with E-state index in [-0.39, 0.29) is 0 Å². The van der Waals surface area contributed by atoms with E-state index >= 15 is 0 Å². The molecular weight excluding hydrogens is 268 g/mol. The van der Waals surface area contributed by atoms with Crippen molar-refractivity contribution in [2.45, 2.75) is 66.2 Å². The number of pyridine rings is 1. The number of hydrogen-bond donors (Lipinski definition) is 1. The van der Waals surface area contributed by atoms with E-state index in [0.717, 1.165) is 24.2 Å². The van der Waals surface area contributed by atoms with E-state index in [0.29, 0.717) is 5.92 Å². The molecule has 1 heterocycles. The Morgan fingerprint density at radius 3 is 2.45 bits per heavy atom. The molecule has 2 nitrogen and oxygen atoms in total. The molecule has 0 saturated carbocycles. The molecule has 0 aliphatic carbocycles. The Labute approximate surface area is 136 Å². The summed E-state index contributed by atoms with van der Waals surface area (Å²) in [6, 6.07) is 9.00. The third kappa shape index (κ3) is 4.81. The first-order valence-corrected chi connectivity index (χ1v) is 8.73. The van der Waals surface area contributed by atoms with Gasteiger partial charge in [-0.05, 0) is 74.9 Å². The second-order valence-corrected chi connectivity index (χ2v) is 5.76. The Kier molecular flexibility index (Phi) is 8.11. The number of rotatable bonds is 6. The maximum atomic E-state index is 5.67. The minimum Gasteiger partial charge on any atom is -0.330 e. The lowest BCUT2D eigenvalue weighted by atomic mass is 9.89. The standard InChI is InChI=1S/C18H26N2.C2H6/c1-4-6-15(7-5-10-19)16-8-9-18-17(12-16)11-13(2)14(3)20-18;1-2/h8-9,11-12,15H,4-7,10,19H2,1-3H3;1-2H3. The summed E-state index contributed by atoms with van der Waals surface area (Å²) in [7, 11) is 0. The summed E-state index contributed by atoms with van der Waals surface area (Å²) < 4.78 is 0. The number of fused-ring (bicyclic) bond motifs is 1. The lowest BCUT2D eigenvalue weighted by molar-refractivity contribution is 0.550. The molecule has 1 unspecified atom stereocenters. The van der Waals surface area contributed by atoms with Gasteiger partial charge in [0, 0.05) is 11.1 Å². The highest BCUT2D eigenvalue weighted by atomic mass is 14.7.